The van der Waals surface area contributed by atoms with E-state index in [-0.39, 0.29) is 17.6 Å². The fourth-order valence-corrected chi connectivity index (χ4v) is 3.64. The number of hydrogen-bond donors (Lipinski definition) is 2. The molecular formula is C21H27F3N6O. The molecule has 1 saturated carbocycles. The quantitative estimate of drug-likeness (QED) is 0.743. The van der Waals surface area contributed by atoms with Crippen molar-refractivity contribution in [3.05, 3.63) is 40.8 Å². The number of alkyl halides is 3. The monoisotopic (exact) mass is 436 g/mol. The van der Waals surface area contributed by atoms with Crippen LogP contribution in [0, 0.1) is 13.8 Å². The zero-order chi connectivity index (χ0) is 22.8. The van der Waals surface area contributed by atoms with Crippen LogP contribution in [0.5, 0.6) is 0 Å². The second kappa shape index (κ2) is 9.07. The summed E-state index contributed by atoms with van der Waals surface area (Å²) in [5.41, 5.74) is 1.07. The molecule has 1 fully saturated rings. The molecule has 1 aliphatic rings. The Morgan fingerprint density at radius 2 is 1.71 bits per heavy atom. The first-order chi connectivity index (χ1) is 14.5. The maximum Gasteiger partial charge on any atom is 0.433 e. The van der Waals surface area contributed by atoms with Crippen LogP contribution in [0.25, 0.3) is 0 Å². The zero-order valence-electron chi connectivity index (χ0n) is 18.0. The van der Waals surface area contributed by atoms with Crippen LogP contribution in [-0.2, 0) is 6.18 Å². The lowest BCUT2D eigenvalue weighted by atomic mass is 9.91. The molecule has 0 aromatic carbocycles. The van der Waals surface area contributed by atoms with Gasteiger partial charge in [0, 0.05) is 43.6 Å². The van der Waals surface area contributed by atoms with E-state index in [1.807, 2.05) is 32.8 Å². The van der Waals surface area contributed by atoms with Crippen molar-refractivity contribution in [2.24, 2.45) is 0 Å². The van der Waals surface area contributed by atoms with Crippen LogP contribution in [0.1, 0.15) is 53.0 Å². The van der Waals surface area contributed by atoms with Gasteiger partial charge in [-0.05, 0) is 51.7 Å². The number of aromatic nitrogens is 3. The molecule has 0 atom stereocenters. The summed E-state index contributed by atoms with van der Waals surface area (Å²) in [6.07, 6.45) is -0.405. The Labute approximate surface area is 179 Å². The maximum absolute atomic E-state index is 12.6. The minimum Gasteiger partial charge on any atom is -0.362 e. The van der Waals surface area contributed by atoms with Crippen molar-refractivity contribution < 1.29 is 18.0 Å². The molecule has 2 aromatic rings. The van der Waals surface area contributed by atoms with E-state index in [2.05, 4.69) is 25.6 Å². The van der Waals surface area contributed by atoms with Gasteiger partial charge in [0.05, 0.1) is 5.56 Å². The van der Waals surface area contributed by atoms with Gasteiger partial charge in [-0.1, -0.05) is 0 Å². The lowest BCUT2D eigenvalue weighted by molar-refractivity contribution is -0.141. The summed E-state index contributed by atoms with van der Waals surface area (Å²) in [7, 11) is 3.89. The fourth-order valence-electron chi connectivity index (χ4n) is 3.64. The van der Waals surface area contributed by atoms with Crippen molar-refractivity contribution in [1.29, 1.82) is 0 Å². The first-order valence-corrected chi connectivity index (χ1v) is 10.2. The Hall–Kier alpha value is -2.91. The number of halogens is 3. The fraction of sp³-hybridized carbons (Fsp3) is 0.524. The first kappa shape index (κ1) is 22.8. The molecule has 0 aliphatic heterocycles. The highest BCUT2D eigenvalue weighted by molar-refractivity contribution is 5.94. The van der Waals surface area contributed by atoms with E-state index in [0.29, 0.717) is 5.95 Å². The largest absolute Gasteiger partial charge is 0.433 e. The van der Waals surface area contributed by atoms with E-state index in [1.165, 1.54) is 0 Å². The average molecular weight is 436 g/mol. The van der Waals surface area contributed by atoms with E-state index in [0.717, 1.165) is 61.1 Å². The van der Waals surface area contributed by atoms with Gasteiger partial charge < -0.3 is 15.5 Å². The topological polar surface area (TPSA) is 83.0 Å². The normalized spacial score (nSPS) is 19.1. The molecule has 0 bridgehead atoms. The number of nitrogens with zero attached hydrogens (tertiary/aromatic N) is 4. The van der Waals surface area contributed by atoms with Crippen molar-refractivity contribution >= 4 is 17.7 Å². The van der Waals surface area contributed by atoms with Crippen LogP contribution in [-0.4, -0.2) is 47.0 Å². The molecule has 7 nitrogen and oxygen atoms in total. The van der Waals surface area contributed by atoms with Gasteiger partial charge >= 0.3 is 6.18 Å². The highest BCUT2D eigenvalue weighted by Gasteiger charge is 2.32. The molecule has 0 unspecified atom stereocenters. The van der Waals surface area contributed by atoms with Gasteiger partial charge in [0.1, 0.15) is 11.5 Å². The number of carbonyl (C=O) groups is 1. The lowest BCUT2D eigenvalue weighted by Gasteiger charge is -2.30. The van der Waals surface area contributed by atoms with Crippen LogP contribution in [0.2, 0.25) is 0 Å². The second-order valence-electron chi connectivity index (χ2n) is 8.07. The summed E-state index contributed by atoms with van der Waals surface area (Å²) in [5, 5.41) is 6.28. The SMILES string of the molecule is Cc1nc(NC2CCC(NC(=O)c3ccc(C(F)(F)F)nc3)CC2)nc(N(C)C)c1C. The molecule has 2 N–H and O–H groups in total. The summed E-state index contributed by atoms with van der Waals surface area (Å²) >= 11 is 0. The molecule has 0 saturated heterocycles. The molecule has 2 heterocycles. The van der Waals surface area contributed by atoms with Crippen LogP contribution in [0.3, 0.4) is 0 Å². The minimum atomic E-state index is -4.52. The molecule has 1 aliphatic carbocycles. The van der Waals surface area contributed by atoms with Crippen LogP contribution >= 0.6 is 0 Å². The van der Waals surface area contributed by atoms with Gasteiger partial charge in [0.25, 0.3) is 5.91 Å². The summed E-state index contributed by atoms with van der Waals surface area (Å²) in [5.74, 6) is 1.06. The van der Waals surface area contributed by atoms with E-state index in [9.17, 15) is 18.0 Å². The number of nitrogens with one attached hydrogen (secondary N) is 2. The van der Waals surface area contributed by atoms with Crippen molar-refractivity contribution in [3.63, 3.8) is 0 Å². The Morgan fingerprint density at radius 1 is 1.06 bits per heavy atom. The van der Waals surface area contributed by atoms with Gasteiger partial charge in [0.2, 0.25) is 5.95 Å². The van der Waals surface area contributed by atoms with Crippen LogP contribution in [0.4, 0.5) is 24.9 Å². The predicted octanol–water partition coefficient (Wildman–Crippen LogP) is 3.73. The van der Waals surface area contributed by atoms with E-state index in [4.69, 9.17) is 0 Å². The zero-order valence-corrected chi connectivity index (χ0v) is 18.0. The molecular weight excluding hydrogens is 409 g/mol. The molecule has 0 spiro atoms. The van der Waals surface area contributed by atoms with Crippen molar-refractivity contribution in [1.82, 2.24) is 20.3 Å². The van der Waals surface area contributed by atoms with Gasteiger partial charge in [-0.15, -0.1) is 0 Å². The number of anilines is 2. The van der Waals surface area contributed by atoms with Crippen LogP contribution < -0.4 is 15.5 Å². The smallest absolute Gasteiger partial charge is 0.362 e. The first-order valence-electron chi connectivity index (χ1n) is 10.2. The summed E-state index contributed by atoms with van der Waals surface area (Å²) < 4.78 is 37.8. The number of rotatable bonds is 5. The standard InChI is InChI=1S/C21H27F3N6O/c1-12-13(2)26-20(29-18(12)30(3)4)28-16-8-6-15(7-9-16)27-19(31)14-5-10-17(25-11-14)21(22,23)24/h5,10-11,15-16H,6-9H2,1-4H3,(H,27,31)(H,26,28,29). The third kappa shape index (κ3) is 5.62. The average Bonchev–Trinajstić information content (AvgIpc) is 2.71. The molecule has 0 radical (unpaired) electrons. The Kier molecular flexibility index (Phi) is 6.66. The third-order valence-corrected chi connectivity index (χ3v) is 5.50. The summed E-state index contributed by atoms with van der Waals surface area (Å²) in [6.45, 7) is 3.95. The minimum absolute atomic E-state index is 0.0362. The predicted molar refractivity (Wildman–Crippen MR) is 112 cm³/mol. The number of amides is 1. The second-order valence-corrected chi connectivity index (χ2v) is 8.07. The molecule has 10 heteroatoms. The molecule has 168 valence electrons. The highest BCUT2D eigenvalue weighted by Crippen LogP contribution is 2.27. The Morgan fingerprint density at radius 3 is 2.26 bits per heavy atom. The molecule has 31 heavy (non-hydrogen) atoms. The molecule has 3 rings (SSSR count). The summed E-state index contributed by atoms with van der Waals surface area (Å²) in [4.78, 5) is 26.8. The highest BCUT2D eigenvalue weighted by atomic mass is 19.4. The van der Waals surface area contributed by atoms with Gasteiger partial charge in [0.15, 0.2) is 0 Å². The molecule has 2 aromatic heterocycles. The van der Waals surface area contributed by atoms with E-state index in [1.54, 1.807) is 0 Å². The molecule has 1 amide bonds. The summed E-state index contributed by atoms with van der Waals surface area (Å²) in [6, 6.07) is 2.13. The Balaban J connectivity index is 1.54. The van der Waals surface area contributed by atoms with Gasteiger partial charge in [-0.3, -0.25) is 9.78 Å². The lowest BCUT2D eigenvalue weighted by Crippen LogP contribution is -2.40. The number of pyridine rings is 1. The number of hydrogen-bond acceptors (Lipinski definition) is 6. The van der Waals surface area contributed by atoms with Gasteiger partial charge in [-0.2, -0.15) is 18.2 Å². The third-order valence-electron chi connectivity index (χ3n) is 5.50. The van der Waals surface area contributed by atoms with E-state index < -0.39 is 17.8 Å². The van der Waals surface area contributed by atoms with Crippen molar-refractivity contribution in [3.8, 4) is 0 Å². The number of aryl methyl sites for hydroxylation is 1. The van der Waals surface area contributed by atoms with E-state index >= 15 is 0 Å². The van der Waals surface area contributed by atoms with Crippen molar-refractivity contribution in [2.75, 3.05) is 24.3 Å². The Bertz CT molecular complexity index is 922. The van der Waals surface area contributed by atoms with Crippen LogP contribution in [0.15, 0.2) is 18.3 Å². The van der Waals surface area contributed by atoms with Crippen molar-refractivity contribution in [2.45, 2.75) is 57.8 Å². The maximum atomic E-state index is 12.6. The number of carbonyl (C=O) groups excluding carboxylic acids is 1. The van der Waals surface area contributed by atoms with Gasteiger partial charge in [-0.25, -0.2) is 4.98 Å².